The Hall–Kier alpha value is -3.56. The largest absolute Gasteiger partial charge is 0.354 e. The van der Waals surface area contributed by atoms with Gasteiger partial charge in [0.05, 0.1) is 4.90 Å². The third kappa shape index (κ3) is 10.9. The fraction of sp³-hybridized carbons (Fsp3) is 0.412. The van der Waals surface area contributed by atoms with Crippen LogP contribution in [0.5, 0.6) is 0 Å². The van der Waals surface area contributed by atoms with E-state index in [-0.39, 0.29) is 16.2 Å². The van der Waals surface area contributed by atoms with Gasteiger partial charge in [0.25, 0.3) is 10.0 Å². The number of unbranched alkanes of at least 4 members (excludes halogenated alkanes) is 1. The van der Waals surface area contributed by atoms with E-state index in [1.807, 2.05) is 24.3 Å². The van der Waals surface area contributed by atoms with Crippen LogP contribution >= 0.6 is 11.6 Å². The lowest BCUT2D eigenvalue weighted by molar-refractivity contribution is -0.123. The van der Waals surface area contributed by atoms with Crippen LogP contribution < -0.4 is 20.7 Å². The number of rotatable bonds is 14. The number of nitrogens with one attached hydrogen (secondary N) is 4. The second-order valence-electron chi connectivity index (χ2n) is 12.1. The highest BCUT2D eigenvalue weighted by Crippen LogP contribution is 2.25. The molecule has 0 aliphatic rings. The van der Waals surface area contributed by atoms with Crippen LogP contribution in [0.2, 0.25) is 5.02 Å². The van der Waals surface area contributed by atoms with Gasteiger partial charge in [0.15, 0.2) is 0 Å². The lowest BCUT2D eigenvalue weighted by atomic mass is 9.87. The number of amides is 3. The number of carbonyl (C=O) groups excluding carboxylic acids is 2. The first-order chi connectivity index (χ1) is 20.8. The quantitative estimate of drug-likeness (QED) is 0.146. The zero-order valence-corrected chi connectivity index (χ0v) is 27.8. The molecule has 238 valence electrons. The summed E-state index contributed by atoms with van der Waals surface area (Å²) in [5.74, 6) is 0.119. The first kappa shape index (κ1) is 34.9. The van der Waals surface area contributed by atoms with Crippen LogP contribution in [0.1, 0.15) is 71.4 Å². The fourth-order valence-electron chi connectivity index (χ4n) is 4.67. The van der Waals surface area contributed by atoms with Crippen LogP contribution in [-0.4, -0.2) is 32.9 Å². The highest BCUT2D eigenvalue weighted by Gasteiger charge is 2.23. The molecule has 10 heteroatoms. The molecule has 0 aliphatic heterocycles. The van der Waals surface area contributed by atoms with Gasteiger partial charge in [-0.3, -0.25) is 9.52 Å². The van der Waals surface area contributed by atoms with E-state index >= 15 is 0 Å². The third-order valence-electron chi connectivity index (χ3n) is 7.51. The maximum atomic E-state index is 13.2. The predicted molar refractivity (Wildman–Crippen MR) is 180 cm³/mol. The molecule has 2 atom stereocenters. The summed E-state index contributed by atoms with van der Waals surface area (Å²) in [7, 11) is -3.79. The molecule has 0 heterocycles. The van der Waals surface area contributed by atoms with Gasteiger partial charge in [0.1, 0.15) is 6.04 Å². The molecule has 0 bridgehead atoms. The number of benzene rings is 3. The van der Waals surface area contributed by atoms with Crippen LogP contribution in [0.4, 0.5) is 16.2 Å². The van der Waals surface area contributed by atoms with E-state index in [0.717, 1.165) is 36.8 Å². The van der Waals surface area contributed by atoms with Crippen LogP contribution in [-0.2, 0) is 26.7 Å². The maximum absolute atomic E-state index is 13.2. The zero-order chi connectivity index (χ0) is 32.3. The topological polar surface area (TPSA) is 116 Å². The van der Waals surface area contributed by atoms with Crippen LogP contribution in [0.3, 0.4) is 0 Å². The van der Waals surface area contributed by atoms with Crippen molar-refractivity contribution < 1.29 is 18.0 Å². The molecule has 0 aliphatic carbocycles. The maximum Gasteiger partial charge on any atom is 0.319 e. The Balaban J connectivity index is 1.64. The Kier molecular flexibility index (Phi) is 12.7. The molecule has 4 N–H and O–H groups in total. The van der Waals surface area contributed by atoms with Gasteiger partial charge in [-0.1, -0.05) is 89.7 Å². The summed E-state index contributed by atoms with van der Waals surface area (Å²) in [5, 5.41) is 9.15. The summed E-state index contributed by atoms with van der Waals surface area (Å²) in [6.45, 7) is 11.0. The van der Waals surface area contributed by atoms with Gasteiger partial charge in [-0.25, -0.2) is 13.2 Å². The minimum Gasteiger partial charge on any atom is -0.354 e. The zero-order valence-electron chi connectivity index (χ0n) is 26.2. The summed E-state index contributed by atoms with van der Waals surface area (Å²) in [4.78, 5) is 26.3. The molecule has 3 amide bonds. The van der Waals surface area contributed by atoms with E-state index in [4.69, 9.17) is 11.6 Å². The SMILES string of the molecule is CCCCC(CC)CNC(=O)[C@@H](Cc1ccc(Cl)cc1)NC(=O)Nc1ccc(NS(=O)(=O)c2ccc(C(C)(C)C)cc2)cc1. The fourth-order valence-corrected chi connectivity index (χ4v) is 5.86. The average Bonchev–Trinajstić information content (AvgIpc) is 2.98. The molecule has 8 nitrogen and oxygen atoms in total. The monoisotopic (exact) mass is 640 g/mol. The van der Waals surface area contributed by atoms with Gasteiger partial charge in [-0.15, -0.1) is 0 Å². The number of halogens is 1. The lowest BCUT2D eigenvalue weighted by Gasteiger charge is -2.21. The minimum atomic E-state index is -3.79. The molecular formula is C34H45ClN4O4S. The Bertz CT molecular complexity index is 1470. The highest BCUT2D eigenvalue weighted by atomic mass is 35.5. The van der Waals surface area contributed by atoms with E-state index in [1.165, 1.54) is 0 Å². The molecule has 3 aromatic rings. The molecule has 0 spiro atoms. The molecule has 0 aromatic heterocycles. The molecule has 0 fully saturated rings. The second-order valence-corrected chi connectivity index (χ2v) is 14.2. The van der Waals surface area contributed by atoms with E-state index in [2.05, 4.69) is 55.3 Å². The Morgan fingerprint density at radius 3 is 2.05 bits per heavy atom. The van der Waals surface area contributed by atoms with Crippen molar-refractivity contribution in [3.63, 3.8) is 0 Å². The van der Waals surface area contributed by atoms with Crippen molar-refractivity contribution in [1.29, 1.82) is 0 Å². The molecular weight excluding hydrogens is 596 g/mol. The highest BCUT2D eigenvalue weighted by molar-refractivity contribution is 7.92. The first-order valence-electron chi connectivity index (χ1n) is 15.1. The molecule has 3 rings (SSSR count). The van der Waals surface area contributed by atoms with Gasteiger partial charge in [-0.05, 0) is 77.4 Å². The van der Waals surface area contributed by atoms with Crippen molar-refractivity contribution in [2.75, 3.05) is 16.6 Å². The molecule has 44 heavy (non-hydrogen) atoms. The van der Waals surface area contributed by atoms with Crippen LogP contribution in [0.15, 0.2) is 77.7 Å². The van der Waals surface area contributed by atoms with Crippen molar-refractivity contribution >= 4 is 44.9 Å². The normalized spacial score (nSPS) is 13.0. The number of hydrogen-bond acceptors (Lipinski definition) is 4. The molecule has 1 unspecified atom stereocenters. The Morgan fingerprint density at radius 1 is 0.864 bits per heavy atom. The van der Waals surface area contributed by atoms with E-state index in [0.29, 0.717) is 35.3 Å². The van der Waals surface area contributed by atoms with Gasteiger partial charge in [0.2, 0.25) is 5.91 Å². The number of urea groups is 1. The summed E-state index contributed by atoms with van der Waals surface area (Å²) in [6.07, 6.45) is 4.50. The van der Waals surface area contributed by atoms with E-state index in [1.54, 1.807) is 48.5 Å². The van der Waals surface area contributed by atoms with Crippen molar-refractivity contribution in [2.45, 2.75) is 83.1 Å². The lowest BCUT2D eigenvalue weighted by Crippen LogP contribution is -2.50. The summed E-state index contributed by atoms with van der Waals surface area (Å²) >= 11 is 6.03. The van der Waals surface area contributed by atoms with Gasteiger partial charge in [-0.2, -0.15) is 0 Å². The number of carbonyl (C=O) groups is 2. The molecule has 3 aromatic carbocycles. The summed E-state index contributed by atoms with van der Waals surface area (Å²) < 4.78 is 28.4. The van der Waals surface area contributed by atoms with Crippen molar-refractivity contribution in [3.8, 4) is 0 Å². The van der Waals surface area contributed by atoms with Gasteiger partial charge < -0.3 is 16.0 Å². The van der Waals surface area contributed by atoms with E-state index < -0.39 is 22.1 Å². The van der Waals surface area contributed by atoms with Crippen LogP contribution in [0, 0.1) is 5.92 Å². The summed E-state index contributed by atoms with van der Waals surface area (Å²) in [6, 6.07) is 18.9. The van der Waals surface area contributed by atoms with Gasteiger partial charge in [0, 0.05) is 29.4 Å². The van der Waals surface area contributed by atoms with Crippen LogP contribution in [0.25, 0.3) is 0 Å². The standard InChI is InChI=1S/C34H45ClN4O4S/c1-6-8-9-24(7-2)23-36-32(40)31(22-25-10-14-27(35)15-11-25)38-33(41)37-28-16-18-29(19-17-28)39-44(42,43)30-20-12-26(13-21-30)34(3,4)5/h10-21,24,31,39H,6-9,22-23H2,1-5H3,(H,36,40)(H2,37,38,41)/t24?,31-/m1/s1. The Labute approximate surface area is 267 Å². The number of anilines is 2. The second kappa shape index (κ2) is 16.0. The molecule has 0 saturated carbocycles. The van der Waals surface area contributed by atoms with Crippen molar-refractivity contribution in [1.82, 2.24) is 10.6 Å². The third-order valence-corrected chi connectivity index (χ3v) is 9.16. The molecule has 0 saturated heterocycles. The predicted octanol–water partition coefficient (Wildman–Crippen LogP) is 7.50. The first-order valence-corrected chi connectivity index (χ1v) is 17.0. The Morgan fingerprint density at radius 2 is 1.48 bits per heavy atom. The smallest absolute Gasteiger partial charge is 0.319 e. The van der Waals surface area contributed by atoms with Crippen molar-refractivity contribution in [3.05, 3.63) is 88.9 Å². The number of hydrogen-bond donors (Lipinski definition) is 4. The number of sulfonamides is 1. The van der Waals surface area contributed by atoms with Crippen molar-refractivity contribution in [2.24, 2.45) is 5.92 Å². The summed E-state index contributed by atoms with van der Waals surface area (Å²) in [5.41, 5.74) is 2.60. The average molecular weight is 641 g/mol. The van der Waals surface area contributed by atoms with Gasteiger partial charge >= 0.3 is 6.03 Å². The molecule has 0 radical (unpaired) electrons. The van der Waals surface area contributed by atoms with E-state index in [9.17, 15) is 18.0 Å². The minimum absolute atomic E-state index is 0.0864.